The molecule has 0 radical (unpaired) electrons. The number of benzene rings is 3. The van der Waals surface area contributed by atoms with E-state index in [0.29, 0.717) is 5.02 Å². The molecule has 0 spiro atoms. The Kier molecular flexibility index (Phi) is 5.03. The number of nitrogens with one attached hydrogen (secondary N) is 1. The smallest absolute Gasteiger partial charge is 0.186 e. The van der Waals surface area contributed by atoms with Crippen LogP contribution in [0.15, 0.2) is 78.9 Å². The van der Waals surface area contributed by atoms with Gasteiger partial charge in [-0.1, -0.05) is 71.4 Å². The summed E-state index contributed by atoms with van der Waals surface area (Å²) < 4.78 is 1.80. The predicted molar refractivity (Wildman–Crippen MR) is 122 cm³/mol. The fourth-order valence-corrected chi connectivity index (χ4v) is 3.76. The summed E-state index contributed by atoms with van der Waals surface area (Å²) in [6.45, 7) is 0.833. The van der Waals surface area contributed by atoms with E-state index in [4.69, 9.17) is 16.6 Å². The molecule has 0 unspecified atom stereocenters. The molecule has 0 aliphatic carbocycles. The van der Waals surface area contributed by atoms with Crippen molar-refractivity contribution >= 4 is 34.0 Å². The van der Waals surface area contributed by atoms with Crippen LogP contribution in [0.4, 0.5) is 5.82 Å². The van der Waals surface area contributed by atoms with Crippen molar-refractivity contribution < 1.29 is 0 Å². The molecule has 0 aliphatic rings. The zero-order valence-electron chi connectivity index (χ0n) is 16.3. The Morgan fingerprint density at radius 1 is 0.867 bits per heavy atom. The Morgan fingerprint density at radius 3 is 2.47 bits per heavy atom. The van der Waals surface area contributed by atoms with Gasteiger partial charge in [0.25, 0.3) is 0 Å². The van der Waals surface area contributed by atoms with Crippen LogP contribution in [0.3, 0.4) is 0 Å². The first-order chi connectivity index (χ1) is 14.8. The lowest BCUT2D eigenvalue weighted by Gasteiger charge is -2.10. The zero-order chi connectivity index (χ0) is 20.3. The van der Waals surface area contributed by atoms with Gasteiger partial charge in [-0.2, -0.15) is 4.52 Å². The Balaban J connectivity index is 1.48. The van der Waals surface area contributed by atoms with Crippen LogP contribution in [0.5, 0.6) is 0 Å². The van der Waals surface area contributed by atoms with Gasteiger partial charge in [-0.25, -0.2) is 4.98 Å². The fraction of sp³-hybridized carbons (Fsp3) is 0.125. The highest BCUT2D eigenvalue weighted by Crippen LogP contribution is 2.28. The van der Waals surface area contributed by atoms with Gasteiger partial charge < -0.3 is 5.32 Å². The zero-order valence-corrected chi connectivity index (χ0v) is 17.0. The first kappa shape index (κ1) is 18.6. The third kappa shape index (κ3) is 3.60. The van der Waals surface area contributed by atoms with Crippen LogP contribution in [0.2, 0.25) is 5.02 Å². The van der Waals surface area contributed by atoms with Gasteiger partial charge in [-0.15, -0.1) is 5.10 Å². The van der Waals surface area contributed by atoms with Crippen molar-refractivity contribution in [3.63, 3.8) is 0 Å². The summed E-state index contributed by atoms with van der Waals surface area (Å²) in [5, 5.41) is 14.0. The van der Waals surface area contributed by atoms with E-state index in [0.717, 1.165) is 53.0 Å². The molecule has 0 amide bonds. The van der Waals surface area contributed by atoms with E-state index in [-0.39, 0.29) is 0 Å². The predicted octanol–water partition coefficient (Wildman–Crippen LogP) is 5.64. The quantitative estimate of drug-likeness (QED) is 0.366. The van der Waals surface area contributed by atoms with Crippen molar-refractivity contribution in [3.8, 4) is 11.3 Å². The van der Waals surface area contributed by atoms with E-state index in [2.05, 4.69) is 46.0 Å². The molecule has 2 heterocycles. The second-order valence-corrected chi connectivity index (χ2v) is 7.61. The van der Waals surface area contributed by atoms with Crippen molar-refractivity contribution in [3.05, 3.63) is 89.4 Å². The Morgan fingerprint density at radius 2 is 1.63 bits per heavy atom. The fourth-order valence-electron chi connectivity index (χ4n) is 3.64. The number of aromatic nitrogens is 4. The average molecular weight is 414 g/mol. The molecule has 148 valence electrons. The van der Waals surface area contributed by atoms with Crippen LogP contribution < -0.4 is 5.32 Å². The summed E-state index contributed by atoms with van der Waals surface area (Å²) in [6, 6.07) is 26.2. The monoisotopic (exact) mass is 413 g/mol. The molecule has 0 atom stereocenters. The number of nitrogens with zero attached hydrogens (tertiary/aromatic N) is 4. The lowest BCUT2D eigenvalue weighted by molar-refractivity contribution is 0.855. The maximum absolute atomic E-state index is 6.04. The van der Waals surface area contributed by atoms with Crippen LogP contribution in [0.25, 0.3) is 27.8 Å². The van der Waals surface area contributed by atoms with E-state index in [1.807, 2.05) is 48.5 Å². The molecule has 5 nitrogen and oxygen atoms in total. The van der Waals surface area contributed by atoms with Gasteiger partial charge in [0.15, 0.2) is 5.65 Å². The molecule has 5 rings (SSSR count). The summed E-state index contributed by atoms with van der Waals surface area (Å²) in [5.74, 6) is 0.851. The minimum Gasteiger partial charge on any atom is -0.369 e. The highest BCUT2D eigenvalue weighted by atomic mass is 35.5. The Hall–Kier alpha value is -3.44. The standard InChI is InChI=1S/C24H20ClN5/c25-19-14-12-18(13-15-19)22-24-27-23(26-16-6-9-17-7-2-1-3-8-17)20-10-4-5-11-21(20)30(24)29-28-22/h1-5,7-8,10-15H,6,9,16H2,(H,26,27). The van der Waals surface area contributed by atoms with E-state index in [1.165, 1.54) is 5.56 Å². The van der Waals surface area contributed by atoms with Gasteiger partial charge in [0.05, 0.1) is 5.52 Å². The van der Waals surface area contributed by atoms with Crippen molar-refractivity contribution in [1.82, 2.24) is 19.8 Å². The maximum Gasteiger partial charge on any atom is 0.186 e. The largest absolute Gasteiger partial charge is 0.369 e. The van der Waals surface area contributed by atoms with E-state index >= 15 is 0 Å². The van der Waals surface area contributed by atoms with Crippen molar-refractivity contribution in [2.24, 2.45) is 0 Å². The molecule has 2 aromatic heterocycles. The topological polar surface area (TPSA) is 55.1 Å². The SMILES string of the molecule is Clc1ccc(-c2nnn3c2nc(NCCCc2ccccc2)c2ccccc23)cc1. The lowest BCUT2D eigenvalue weighted by atomic mass is 10.1. The number of anilines is 1. The first-order valence-corrected chi connectivity index (χ1v) is 10.4. The summed E-state index contributed by atoms with van der Waals surface area (Å²) in [7, 11) is 0. The maximum atomic E-state index is 6.04. The second kappa shape index (κ2) is 8.13. The summed E-state index contributed by atoms with van der Waals surface area (Å²) in [6.07, 6.45) is 2.05. The second-order valence-electron chi connectivity index (χ2n) is 7.17. The molecule has 0 aliphatic heterocycles. The molecule has 30 heavy (non-hydrogen) atoms. The molecule has 3 aromatic carbocycles. The number of aryl methyl sites for hydroxylation is 1. The normalized spacial score (nSPS) is 11.2. The van der Waals surface area contributed by atoms with Crippen LogP contribution in [-0.4, -0.2) is 26.4 Å². The third-order valence-corrected chi connectivity index (χ3v) is 5.40. The number of halogens is 1. The van der Waals surface area contributed by atoms with E-state index in [1.54, 1.807) is 4.52 Å². The number of rotatable bonds is 6. The van der Waals surface area contributed by atoms with Crippen LogP contribution in [0, 0.1) is 0 Å². The number of para-hydroxylation sites is 1. The van der Waals surface area contributed by atoms with E-state index < -0.39 is 0 Å². The van der Waals surface area contributed by atoms with Crippen molar-refractivity contribution in [2.45, 2.75) is 12.8 Å². The van der Waals surface area contributed by atoms with Crippen LogP contribution in [0.1, 0.15) is 12.0 Å². The number of fused-ring (bicyclic) bond motifs is 3. The van der Waals surface area contributed by atoms with Crippen LogP contribution in [-0.2, 0) is 6.42 Å². The minimum atomic E-state index is 0.689. The molecule has 0 bridgehead atoms. The molecule has 0 saturated heterocycles. The summed E-state index contributed by atoms with van der Waals surface area (Å²) in [4.78, 5) is 4.90. The van der Waals surface area contributed by atoms with Gasteiger partial charge in [-0.3, -0.25) is 0 Å². The molecular weight excluding hydrogens is 394 g/mol. The van der Waals surface area contributed by atoms with Gasteiger partial charge in [0.2, 0.25) is 0 Å². The average Bonchev–Trinajstić information content (AvgIpc) is 3.22. The highest BCUT2D eigenvalue weighted by Gasteiger charge is 2.15. The van der Waals surface area contributed by atoms with Crippen molar-refractivity contribution in [1.29, 1.82) is 0 Å². The van der Waals surface area contributed by atoms with Crippen molar-refractivity contribution in [2.75, 3.05) is 11.9 Å². The van der Waals surface area contributed by atoms with Gasteiger partial charge in [0.1, 0.15) is 11.5 Å². The van der Waals surface area contributed by atoms with Gasteiger partial charge >= 0.3 is 0 Å². The molecular formula is C24H20ClN5. The molecule has 0 fully saturated rings. The molecule has 0 saturated carbocycles. The summed E-state index contributed by atoms with van der Waals surface area (Å²) >= 11 is 6.04. The third-order valence-electron chi connectivity index (χ3n) is 5.15. The minimum absolute atomic E-state index is 0.689. The van der Waals surface area contributed by atoms with Gasteiger partial charge in [0, 0.05) is 22.5 Å². The highest BCUT2D eigenvalue weighted by molar-refractivity contribution is 6.30. The lowest BCUT2D eigenvalue weighted by Crippen LogP contribution is -2.07. The summed E-state index contributed by atoms with van der Waals surface area (Å²) in [5.41, 5.74) is 4.72. The molecule has 1 N–H and O–H groups in total. The molecule has 6 heteroatoms. The number of hydrogen-bond donors (Lipinski definition) is 1. The van der Waals surface area contributed by atoms with Gasteiger partial charge in [-0.05, 0) is 42.7 Å². The Labute approximate surface area is 179 Å². The number of hydrogen-bond acceptors (Lipinski definition) is 4. The van der Waals surface area contributed by atoms with Crippen LogP contribution >= 0.6 is 11.6 Å². The van der Waals surface area contributed by atoms with E-state index in [9.17, 15) is 0 Å². The Bertz CT molecular complexity index is 1300. The first-order valence-electron chi connectivity index (χ1n) is 9.97. The molecule has 5 aromatic rings.